The molecule has 3 aromatic rings. The molecule has 6 nitrogen and oxygen atoms in total. The second-order valence-corrected chi connectivity index (χ2v) is 9.47. The Morgan fingerprint density at radius 3 is 2.58 bits per heavy atom. The number of carbonyl (C=O) groups excluding carboxylic acids is 2. The number of aliphatic hydroxyl groups is 2. The van der Waals surface area contributed by atoms with Crippen LogP contribution in [0.1, 0.15) is 44.9 Å². The molecule has 0 saturated heterocycles. The number of anilines is 1. The van der Waals surface area contributed by atoms with E-state index in [1.54, 1.807) is 24.3 Å². The van der Waals surface area contributed by atoms with E-state index in [-0.39, 0.29) is 24.9 Å². The Morgan fingerprint density at radius 2 is 1.88 bits per heavy atom. The van der Waals surface area contributed by atoms with E-state index >= 15 is 0 Å². The molecule has 0 unspecified atom stereocenters. The van der Waals surface area contributed by atoms with Crippen LogP contribution >= 0.6 is 11.3 Å². The number of carbonyl (C=O) groups is 2. The lowest BCUT2D eigenvalue weighted by atomic mass is 10.0. The normalized spacial score (nSPS) is 14.0. The van der Waals surface area contributed by atoms with Gasteiger partial charge in [-0.2, -0.15) is 0 Å². The number of aryl methyl sites for hydroxylation is 1. The fourth-order valence-corrected chi connectivity index (χ4v) is 4.30. The molecule has 1 atom stereocenters. The number of hydrogen-bond donors (Lipinski definition) is 3. The smallest absolute Gasteiger partial charge is 0.265 e. The van der Waals surface area contributed by atoms with Crippen molar-refractivity contribution in [3.8, 4) is 16.2 Å². The number of Topliss-reactive ketones (excluding diaryl/α,β-unsaturated/α-hetero) is 1. The molecule has 2 aromatic carbocycles. The van der Waals surface area contributed by atoms with Crippen LogP contribution in [0.5, 0.6) is 5.75 Å². The molecule has 1 heterocycles. The first-order valence-corrected chi connectivity index (χ1v) is 11.8. The molecule has 0 spiro atoms. The summed E-state index contributed by atoms with van der Waals surface area (Å²) in [4.78, 5) is 26.8. The highest BCUT2D eigenvalue weighted by Crippen LogP contribution is 2.34. The van der Waals surface area contributed by atoms with Crippen molar-refractivity contribution in [3.63, 3.8) is 0 Å². The Balaban J connectivity index is 1.41. The minimum atomic E-state index is -0.913. The molecular weight excluding hydrogens is 438 g/mol. The zero-order valence-electron chi connectivity index (χ0n) is 18.4. The number of ketones is 1. The van der Waals surface area contributed by atoms with Crippen LogP contribution in [0.3, 0.4) is 0 Å². The first-order valence-electron chi connectivity index (χ1n) is 11.0. The standard InChI is InChI=1S/C26H27NO5S/c1-16-2-5-19(23(30)12-17-3-4-17)13-22(16)27-26(31)25-11-10-24(33-25)18-6-8-21(9-7-18)32-15-20(29)14-28/h2,5-11,13,17,20,28-29H,3-4,12,14-15H2,1H3,(H,27,31)/t20-/m1/s1. The van der Waals surface area contributed by atoms with Crippen molar-refractivity contribution < 1.29 is 24.5 Å². The van der Waals surface area contributed by atoms with Gasteiger partial charge in [0.2, 0.25) is 0 Å². The van der Waals surface area contributed by atoms with E-state index in [2.05, 4.69) is 5.32 Å². The summed E-state index contributed by atoms with van der Waals surface area (Å²) in [6.45, 7) is 1.58. The summed E-state index contributed by atoms with van der Waals surface area (Å²) in [6, 6.07) is 16.5. The maximum Gasteiger partial charge on any atom is 0.265 e. The fourth-order valence-electron chi connectivity index (χ4n) is 3.39. The Kier molecular flexibility index (Phi) is 7.23. The SMILES string of the molecule is Cc1ccc(C(=O)CC2CC2)cc1NC(=O)c1ccc(-c2ccc(OC[C@H](O)CO)cc2)s1. The number of thiophene rings is 1. The summed E-state index contributed by atoms with van der Waals surface area (Å²) in [6.07, 6.45) is 1.93. The molecule has 1 fully saturated rings. The molecular formula is C26H27NO5S. The van der Waals surface area contributed by atoms with E-state index in [1.807, 2.05) is 37.3 Å². The molecule has 172 valence electrons. The van der Waals surface area contributed by atoms with Crippen molar-refractivity contribution in [2.24, 2.45) is 5.92 Å². The number of nitrogens with one attached hydrogen (secondary N) is 1. The third-order valence-corrected chi connectivity index (χ3v) is 6.73. The van der Waals surface area contributed by atoms with Gasteiger partial charge in [-0.1, -0.05) is 12.1 Å². The highest BCUT2D eigenvalue weighted by atomic mass is 32.1. The van der Waals surface area contributed by atoms with Crippen LogP contribution in [0.15, 0.2) is 54.6 Å². The summed E-state index contributed by atoms with van der Waals surface area (Å²) in [5, 5.41) is 21.2. The van der Waals surface area contributed by atoms with Crippen LogP contribution in [0, 0.1) is 12.8 Å². The van der Waals surface area contributed by atoms with Gasteiger partial charge < -0.3 is 20.3 Å². The van der Waals surface area contributed by atoms with Gasteiger partial charge in [0.1, 0.15) is 18.5 Å². The fraction of sp³-hybridized carbons (Fsp3) is 0.308. The van der Waals surface area contributed by atoms with Crippen molar-refractivity contribution in [2.75, 3.05) is 18.5 Å². The van der Waals surface area contributed by atoms with Crippen molar-refractivity contribution in [2.45, 2.75) is 32.3 Å². The second kappa shape index (κ2) is 10.3. The van der Waals surface area contributed by atoms with Crippen molar-refractivity contribution in [1.29, 1.82) is 0 Å². The molecule has 0 radical (unpaired) electrons. The van der Waals surface area contributed by atoms with Gasteiger partial charge in [0.15, 0.2) is 5.78 Å². The summed E-state index contributed by atoms with van der Waals surface area (Å²) in [7, 11) is 0. The van der Waals surface area contributed by atoms with Crippen molar-refractivity contribution >= 4 is 28.7 Å². The molecule has 1 saturated carbocycles. The zero-order chi connectivity index (χ0) is 23.4. The quantitative estimate of drug-likeness (QED) is 0.378. The largest absolute Gasteiger partial charge is 0.491 e. The molecule has 4 rings (SSSR count). The monoisotopic (exact) mass is 465 g/mol. The van der Waals surface area contributed by atoms with Crippen LogP contribution in [0.2, 0.25) is 0 Å². The van der Waals surface area contributed by atoms with Gasteiger partial charge in [-0.05, 0) is 79.3 Å². The average Bonchev–Trinajstić information content (AvgIpc) is 3.50. The van der Waals surface area contributed by atoms with Crippen LogP contribution in [-0.2, 0) is 0 Å². The van der Waals surface area contributed by atoms with Crippen LogP contribution < -0.4 is 10.1 Å². The first kappa shape index (κ1) is 23.2. The number of rotatable bonds is 10. The number of aliphatic hydroxyl groups excluding tert-OH is 2. The minimum absolute atomic E-state index is 0.0198. The lowest BCUT2D eigenvalue weighted by Gasteiger charge is -2.10. The predicted molar refractivity (Wildman–Crippen MR) is 129 cm³/mol. The Labute approximate surface area is 196 Å². The van der Waals surface area contributed by atoms with E-state index in [4.69, 9.17) is 9.84 Å². The maximum atomic E-state index is 12.9. The Morgan fingerprint density at radius 1 is 1.12 bits per heavy atom. The van der Waals surface area contributed by atoms with Gasteiger partial charge >= 0.3 is 0 Å². The second-order valence-electron chi connectivity index (χ2n) is 8.39. The predicted octanol–water partition coefficient (Wildman–Crippen LogP) is 4.69. The molecule has 7 heteroatoms. The maximum absolute atomic E-state index is 12.9. The van der Waals surface area contributed by atoms with Crippen LogP contribution in [0.4, 0.5) is 5.69 Å². The number of hydrogen-bond acceptors (Lipinski definition) is 6. The van der Waals surface area contributed by atoms with E-state index < -0.39 is 6.10 Å². The van der Waals surface area contributed by atoms with Crippen molar-refractivity contribution in [3.05, 3.63) is 70.6 Å². The highest BCUT2D eigenvalue weighted by molar-refractivity contribution is 7.17. The lowest BCUT2D eigenvalue weighted by molar-refractivity contribution is 0.0536. The van der Waals surface area contributed by atoms with Gasteiger partial charge in [-0.15, -0.1) is 11.3 Å². The van der Waals surface area contributed by atoms with Gasteiger partial charge in [-0.25, -0.2) is 0 Å². The van der Waals surface area contributed by atoms with E-state index in [9.17, 15) is 14.7 Å². The van der Waals surface area contributed by atoms with Gasteiger partial charge in [0.05, 0.1) is 11.5 Å². The Hall–Kier alpha value is -3.00. The summed E-state index contributed by atoms with van der Waals surface area (Å²) in [5.41, 5.74) is 3.15. The molecule has 1 aromatic heterocycles. The van der Waals surface area contributed by atoms with E-state index in [0.717, 1.165) is 28.8 Å². The van der Waals surface area contributed by atoms with Gasteiger partial charge in [0, 0.05) is 22.5 Å². The third-order valence-electron chi connectivity index (χ3n) is 5.60. The van der Waals surface area contributed by atoms with E-state index in [1.165, 1.54) is 11.3 Å². The first-order chi connectivity index (χ1) is 15.9. The molecule has 1 amide bonds. The summed E-state index contributed by atoms with van der Waals surface area (Å²) in [5.74, 6) is 1.03. The highest BCUT2D eigenvalue weighted by Gasteiger charge is 2.25. The van der Waals surface area contributed by atoms with Crippen LogP contribution in [-0.4, -0.2) is 41.2 Å². The zero-order valence-corrected chi connectivity index (χ0v) is 19.2. The van der Waals surface area contributed by atoms with Gasteiger partial charge in [0.25, 0.3) is 5.91 Å². The molecule has 1 aliphatic carbocycles. The van der Waals surface area contributed by atoms with Crippen molar-refractivity contribution in [1.82, 2.24) is 0 Å². The topological polar surface area (TPSA) is 95.9 Å². The van der Waals surface area contributed by atoms with E-state index in [0.29, 0.717) is 34.2 Å². The minimum Gasteiger partial charge on any atom is -0.491 e. The number of benzene rings is 2. The number of amides is 1. The molecule has 0 bridgehead atoms. The Bertz CT molecular complexity index is 1130. The van der Waals surface area contributed by atoms with Crippen LogP contribution in [0.25, 0.3) is 10.4 Å². The lowest BCUT2D eigenvalue weighted by Crippen LogP contribution is -2.21. The molecule has 0 aliphatic heterocycles. The molecule has 1 aliphatic rings. The molecule has 33 heavy (non-hydrogen) atoms. The van der Waals surface area contributed by atoms with Gasteiger partial charge in [-0.3, -0.25) is 9.59 Å². The third kappa shape index (κ3) is 6.07. The molecule has 3 N–H and O–H groups in total. The average molecular weight is 466 g/mol. The number of ether oxygens (including phenoxy) is 1. The summed E-state index contributed by atoms with van der Waals surface area (Å²) >= 11 is 1.38. The summed E-state index contributed by atoms with van der Waals surface area (Å²) < 4.78 is 5.43.